The standard InChI is InChI=1S/C12H18FNO/c1-9-4-5-11(15-3)10(6-9)7-12(2,14)8-13/h4-6H,7-8,14H2,1-3H3. The summed E-state index contributed by atoms with van der Waals surface area (Å²) in [6.07, 6.45) is 0.481. The van der Waals surface area contributed by atoms with E-state index in [1.165, 1.54) is 0 Å². The molecule has 0 heterocycles. The van der Waals surface area contributed by atoms with Gasteiger partial charge in [-0.3, -0.25) is 0 Å². The van der Waals surface area contributed by atoms with Gasteiger partial charge in [0.1, 0.15) is 12.4 Å². The van der Waals surface area contributed by atoms with Crippen molar-refractivity contribution < 1.29 is 9.13 Å². The molecule has 1 aromatic rings. The molecule has 0 bridgehead atoms. The number of rotatable bonds is 4. The minimum absolute atomic E-state index is 0.481. The summed E-state index contributed by atoms with van der Waals surface area (Å²) in [5, 5.41) is 0. The van der Waals surface area contributed by atoms with Gasteiger partial charge >= 0.3 is 0 Å². The minimum atomic E-state index is -0.818. The van der Waals surface area contributed by atoms with Crippen LogP contribution in [0.1, 0.15) is 18.1 Å². The fourth-order valence-corrected chi connectivity index (χ4v) is 1.53. The molecule has 2 N–H and O–H groups in total. The molecule has 0 aliphatic rings. The molecule has 0 fully saturated rings. The highest BCUT2D eigenvalue weighted by molar-refractivity contribution is 5.38. The summed E-state index contributed by atoms with van der Waals surface area (Å²) in [7, 11) is 1.61. The van der Waals surface area contributed by atoms with E-state index in [2.05, 4.69) is 0 Å². The Labute approximate surface area is 90.2 Å². The van der Waals surface area contributed by atoms with Crippen molar-refractivity contribution in [1.29, 1.82) is 0 Å². The Kier molecular flexibility index (Phi) is 3.69. The fourth-order valence-electron chi connectivity index (χ4n) is 1.53. The number of methoxy groups -OCH3 is 1. The predicted molar refractivity (Wildman–Crippen MR) is 60.0 cm³/mol. The van der Waals surface area contributed by atoms with Gasteiger partial charge in [0.15, 0.2) is 0 Å². The van der Waals surface area contributed by atoms with Gasteiger partial charge in [0.25, 0.3) is 0 Å². The lowest BCUT2D eigenvalue weighted by molar-refractivity contribution is 0.322. The van der Waals surface area contributed by atoms with Crippen LogP contribution < -0.4 is 10.5 Å². The van der Waals surface area contributed by atoms with E-state index in [4.69, 9.17) is 10.5 Å². The summed E-state index contributed by atoms with van der Waals surface area (Å²) in [5.41, 5.74) is 7.06. The molecule has 1 aromatic carbocycles. The number of nitrogens with two attached hydrogens (primary N) is 1. The molecule has 0 saturated heterocycles. The summed E-state index contributed by atoms with van der Waals surface area (Å²) in [6, 6.07) is 5.84. The Morgan fingerprint density at radius 3 is 2.67 bits per heavy atom. The molecule has 1 unspecified atom stereocenters. The lowest BCUT2D eigenvalue weighted by Gasteiger charge is -2.22. The first kappa shape index (κ1) is 12.0. The third-order valence-electron chi connectivity index (χ3n) is 2.34. The topological polar surface area (TPSA) is 35.2 Å². The Balaban J connectivity index is 2.97. The molecule has 0 amide bonds. The summed E-state index contributed by atoms with van der Waals surface area (Å²) in [6.45, 7) is 3.16. The van der Waals surface area contributed by atoms with Crippen molar-refractivity contribution in [3.05, 3.63) is 29.3 Å². The summed E-state index contributed by atoms with van der Waals surface area (Å²) >= 11 is 0. The van der Waals surface area contributed by atoms with Crippen LogP contribution in [-0.4, -0.2) is 19.3 Å². The molecule has 0 radical (unpaired) electrons. The average molecular weight is 211 g/mol. The highest BCUT2D eigenvalue weighted by Crippen LogP contribution is 2.23. The normalized spacial score (nSPS) is 14.7. The first-order valence-electron chi connectivity index (χ1n) is 4.97. The van der Waals surface area contributed by atoms with Gasteiger partial charge in [-0.15, -0.1) is 0 Å². The molecule has 0 spiro atoms. The minimum Gasteiger partial charge on any atom is -0.496 e. The van der Waals surface area contributed by atoms with Crippen LogP contribution in [0.3, 0.4) is 0 Å². The van der Waals surface area contributed by atoms with E-state index in [1.807, 2.05) is 25.1 Å². The Hall–Kier alpha value is -1.09. The third kappa shape index (κ3) is 3.20. The van der Waals surface area contributed by atoms with Gasteiger partial charge in [-0.25, -0.2) is 4.39 Å². The van der Waals surface area contributed by atoms with Crippen LogP contribution in [0.25, 0.3) is 0 Å². The quantitative estimate of drug-likeness (QED) is 0.829. The number of aryl methyl sites for hydroxylation is 1. The van der Waals surface area contributed by atoms with Crippen LogP contribution in [0, 0.1) is 6.92 Å². The second kappa shape index (κ2) is 4.62. The van der Waals surface area contributed by atoms with Crippen molar-refractivity contribution >= 4 is 0 Å². The van der Waals surface area contributed by atoms with Gasteiger partial charge in [-0.05, 0) is 31.9 Å². The molecular formula is C12H18FNO. The average Bonchev–Trinajstić information content (AvgIpc) is 2.18. The number of hydrogen-bond donors (Lipinski definition) is 1. The maximum absolute atomic E-state index is 12.6. The molecule has 84 valence electrons. The van der Waals surface area contributed by atoms with E-state index in [0.29, 0.717) is 6.42 Å². The monoisotopic (exact) mass is 211 g/mol. The van der Waals surface area contributed by atoms with Gasteiger partial charge in [0.05, 0.1) is 7.11 Å². The third-order valence-corrected chi connectivity index (χ3v) is 2.34. The summed E-state index contributed by atoms with van der Waals surface area (Å²) in [5.74, 6) is 0.769. The van der Waals surface area contributed by atoms with Gasteiger partial charge in [-0.1, -0.05) is 17.7 Å². The van der Waals surface area contributed by atoms with Crippen LogP contribution in [0.2, 0.25) is 0 Å². The highest BCUT2D eigenvalue weighted by atomic mass is 19.1. The van der Waals surface area contributed by atoms with Gasteiger partial charge in [-0.2, -0.15) is 0 Å². The maximum atomic E-state index is 12.6. The van der Waals surface area contributed by atoms with Gasteiger partial charge in [0.2, 0.25) is 0 Å². The van der Waals surface area contributed by atoms with Crippen molar-refractivity contribution in [1.82, 2.24) is 0 Å². The van der Waals surface area contributed by atoms with Crippen LogP contribution in [-0.2, 0) is 6.42 Å². The zero-order chi connectivity index (χ0) is 11.5. The Morgan fingerprint density at radius 1 is 1.47 bits per heavy atom. The maximum Gasteiger partial charge on any atom is 0.122 e. The van der Waals surface area contributed by atoms with E-state index < -0.39 is 12.2 Å². The fraction of sp³-hybridized carbons (Fsp3) is 0.500. The van der Waals surface area contributed by atoms with Crippen molar-refractivity contribution in [2.24, 2.45) is 5.73 Å². The Morgan fingerprint density at radius 2 is 2.13 bits per heavy atom. The largest absolute Gasteiger partial charge is 0.496 e. The number of hydrogen-bond acceptors (Lipinski definition) is 2. The SMILES string of the molecule is COc1ccc(C)cc1CC(C)(N)CF. The number of ether oxygens (including phenoxy) is 1. The molecule has 2 nitrogen and oxygen atoms in total. The molecule has 1 atom stereocenters. The lowest BCUT2D eigenvalue weighted by atomic mass is 9.94. The highest BCUT2D eigenvalue weighted by Gasteiger charge is 2.20. The molecule has 1 rings (SSSR count). The Bertz CT molecular complexity index is 336. The number of alkyl halides is 1. The molecule has 0 saturated carbocycles. The second-order valence-corrected chi connectivity index (χ2v) is 4.28. The van der Waals surface area contributed by atoms with Crippen molar-refractivity contribution in [2.45, 2.75) is 25.8 Å². The zero-order valence-electron chi connectivity index (χ0n) is 9.51. The molecule has 0 aliphatic heterocycles. The van der Waals surface area contributed by atoms with Crippen molar-refractivity contribution in [3.63, 3.8) is 0 Å². The summed E-state index contributed by atoms with van der Waals surface area (Å²) < 4.78 is 17.8. The smallest absolute Gasteiger partial charge is 0.122 e. The van der Waals surface area contributed by atoms with Crippen LogP contribution in [0.5, 0.6) is 5.75 Å². The van der Waals surface area contributed by atoms with Gasteiger partial charge < -0.3 is 10.5 Å². The first-order valence-corrected chi connectivity index (χ1v) is 4.97. The first-order chi connectivity index (χ1) is 6.98. The van der Waals surface area contributed by atoms with E-state index in [1.54, 1.807) is 14.0 Å². The zero-order valence-corrected chi connectivity index (χ0v) is 9.51. The van der Waals surface area contributed by atoms with Crippen LogP contribution in [0.15, 0.2) is 18.2 Å². The van der Waals surface area contributed by atoms with E-state index in [0.717, 1.165) is 16.9 Å². The number of benzene rings is 1. The van der Waals surface area contributed by atoms with E-state index in [9.17, 15) is 4.39 Å². The molecular weight excluding hydrogens is 193 g/mol. The molecule has 0 aromatic heterocycles. The van der Waals surface area contributed by atoms with E-state index in [-0.39, 0.29) is 0 Å². The molecule has 0 aliphatic carbocycles. The second-order valence-electron chi connectivity index (χ2n) is 4.28. The summed E-state index contributed by atoms with van der Waals surface area (Å²) in [4.78, 5) is 0. The van der Waals surface area contributed by atoms with E-state index >= 15 is 0 Å². The molecule has 15 heavy (non-hydrogen) atoms. The lowest BCUT2D eigenvalue weighted by Crippen LogP contribution is -2.40. The predicted octanol–water partition coefficient (Wildman–Crippen LogP) is 2.23. The van der Waals surface area contributed by atoms with Crippen molar-refractivity contribution in [2.75, 3.05) is 13.8 Å². The van der Waals surface area contributed by atoms with Gasteiger partial charge in [0, 0.05) is 5.54 Å². The molecule has 3 heteroatoms. The van der Waals surface area contributed by atoms with Crippen LogP contribution >= 0.6 is 0 Å². The number of halogens is 1. The van der Waals surface area contributed by atoms with Crippen LogP contribution in [0.4, 0.5) is 4.39 Å². The van der Waals surface area contributed by atoms with Crippen molar-refractivity contribution in [3.8, 4) is 5.75 Å².